The topological polar surface area (TPSA) is 68.3 Å². The predicted molar refractivity (Wildman–Crippen MR) is 99.5 cm³/mol. The second-order valence-corrected chi connectivity index (χ2v) is 6.25. The second-order valence-electron chi connectivity index (χ2n) is 5.24. The van der Waals surface area contributed by atoms with E-state index in [0.29, 0.717) is 11.5 Å². The number of nitrogens with zero attached hydrogens (tertiary/aromatic N) is 3. The molecule has 0 amide bonds. The van der Waals surface area contributed by atoms with Crippen LogP contribution in [0, 0.1) is 0 Å². The molecule has 0 aliphatic carbocycles. The van der Waals surface area contributed by atoms with E-state index in [1.807, 2.05) is 35.9 Å². The van der Waals surface area contributed by atoms with Gasteiger partial charge >= 0.3 is 0 Å². The van der Waals surface area contributed by atoms with Crippen molar-refractivity contribution in [1.82, 2.24) is 4.57 Å². The number of methoxy groups -OCH3 is 1. The van der Waals surface area contributed by atoms with Crippen molar-refractivity contribution in [2.24, 2.45) is 17.3 Å². The summed E-state index contributed by atoms with van der Waals surface area (Å²) in [5, 5.41) is 17.3. The number of aliphatic hydroxyl groups excluding tert-OH is 1. The van der Waals surface area contributed by atoms with E-state index in [9.17, 15) is 0 Å². The van der Waals surface area contributed by atoms with Gasteiger partial charge in [0.1, 0.15) is 6.61 Å². The molecule has 130 valence electrons. The lowest BCUT2D eigenvalue weighted by atomic mass is 10.2. The molecule has 0 fully saturated rings. The van der Waals surface area contributed by atoms with Gasteiger partial charge in [-0.25, -0.2) is 0 Å². The van der Waals surface area contributed by atoms with Crippen molar-refractivity contribution in [2.45, 2.75) is 0 Å². The van der Waals surface area contributed by atoms with Crippen LogP contribution in [0.4, 0.5) is 0 Å². The maximum atomic E-state index is 8.84. The van der Waals surface area contributed by atoms with Gasteiger partial charge in [-0.2, -0.15) is 5.10 Å². The Morgan fingerprint density at radius 1 is 1.20 bits per heavy atom. The fourth-order valence-electron chi connectivity index (χ4n) is 2.36. The molecule has 7 heteroatoms. The van der Waals surface area contributed by atoms with Crippen LogP contribution in [0.3, 0.4) is 0 Å². The average molecular weight is 357 g/mol. The summed E-state index contributed by atoms with van der Waals surface area (Å²) >= 11 is 1.59. The second kappa shape index (κ2) is 7.96. The molecular weight excluding hydrogens is 338 g/mol. The van der Waals surface area contributed by atoms with E-state index < -0.39 is 0 Å². The van der Waals surface area contributed by atoms with Crippen molar-refractivity contribution in [3.8, 4) is 11.5 Å². The first-order chi connectivity index (χ1) is 12.2. The smallest absolute Gasteiger partial charge is 0.211 e. The van der Waals surface area contributed by atoms with Crippen LogP contribution >= 0.6 is 11.3 Å². The van der Waals surface area contributed by atoms with E-state index >= 15 is 0 Å². The molecule has 0 aliphatic heterocycles. The van der Waals surface area contributed by atoms with Gasteiger partial charge in [0.15, 0.2) is 11.5 Å². The van der Waals surface area contributed by atoms with Gasteiger partial charge in [0.25, 0.3) is 0 Å². The van der Waals surface area contributed by atoms with Crippen molar-refractivity contribution < 1.29 is 14.6 Å². The number of aliphatic hydroxyl groups is 1. The Bertz CT molecular complexity index is 960. The van der Waals surface area contributed by atoms with E-state index in [2.05, 4.69) is 22.3 Å². The number of hydrogen-bond donors (Lipinski definition) is 1. The molecule has 0 radical (unpaired) electrons. The van der Waals surface area contributed by atoms with E-state index in [0.717, 1.165) is 15.9 Å². The Hall–Kier alpha value is -2.64. The van der Waals surface area contributed by atoms with Gasteiger partial charge in [0, 0.05) is 7.05 Å². The minimum atomic E-state index is -0.0442. The van der Waals surface area contributed by atoms with Crippen LogP contribution in [0.25, 0.3) is 10.2 Å². The molecule has 1 N–H and O–H groups in total. The molecule has 0 unspecified atom stereocenters. The zero-order chi connectivity index (χ0) is 17.6. The molecule has 0 spiro atoms. The third kappa shape index (κ3) is 3.89. The van der Waals surface area contributed by atoms with Gasteiger partial charge in [-0.05, 0) is 35.9 Å². The number of ether oxygens (including phenoxy) is 2. The van der Waals surface area contributed by atoms with Gasteiger partial charge in [-0.1, -0.05) is 23.5 Å². The lowest BCUT2D eigenvalue weighted by Crippen LogP contribution is -2.08. The minimum Gasteiger partial charge on any atom is -0.493 e. The Kier molecular flexibility index (Phi) is 5.47. The predicted octanol–water partition coefficient (Wildman–Crippen LogP) is 2.55. The SMILES string of the molecule is COc1cc(/C=N\N=c2/sc3ccccc3n2C)ccc1OCCO. The zero-order valence-corrected chi connectivity index (χ0v) is 14.9. The molecule has 1 heterocycles. The van der Waals surface area contributed by atoms with Gasteiger partial charge in [0.2, 0.25) is 4.80 Å². The maximum Gasteiger partial charge on any atom is 0.211 e. The summed E-state index contributed by atoms with van der Waals surface area (Å²) in [4.78, 5) is 0.826. The number of benzene rings is 2. The minimum absolute atomic E-state index is 0.0442. The molecule has 1 aromatic heterocycles. The highest BCUT2D eigenvalue weighted by molar-refractivity contribution is 7.16. The van der Waals surface area contributed by atoms with Gasteiger partial charge in [-0.3, -0.25) is 0 Å². The number of rotatable bonds is 6. The molecule has 0 saturated carbocycles. The van der Waals surface area contributed by atoms with E-state index in [1.165, 1.54) is 4.70 Å². The first kappa shape index (κ1) is 17.2. The number of para-hydroxylation sites is 1. The van der Waals surface area contributed by atoms with Crippen LogP contribution in [-0.2, 0) is 7.05 Å². The lowest BCUT2D eigenvalue weighted by Gasteiger charge is -2.09. The Labute approximate surface area is 149 Å². The Balaban J connectivity index is 1.84. The summed E-state index contributed by atoms with van der Waals surface area (Å²) in [6.07, 6.45) is 1.67. The van der Waals surface area contributed by atoms with Crippen molar-refractivity contribution in [1.29, 1.82) is 0 Å². The third-order valence-corrected chi connectivity index (χ3v) is 4.70. The fraction of sp³-hybridized carbons (Fsp3) is 0.222. The molecule has 2 aromatic carbocycles. The van der Waals surface area contributed by atoms with Gasteiger partial charge in [-0.15, -0.1) is 5.10 Å². The Morgan fingerprint density at radius 3 is 2.80 bits per heavy atom. The van der Waals surface area contributed by atoms with Crippen molar-refractivity contribution in [3.63, 3.8) is 0 Å². The number of aryl methyl sites for hydroxylation is 1. The van der Waals surface area contributed by atoms with E-state index in [1.54, 1.807) is 30.7 Å². The summed E-state index contributed by atoms with van der Waals surface area (Å²) < 4.78 is 13.9. The highest BCUT2D eigenvalue weighted by Gasteiger charge is 2.05. The van der Waals surface area contributed by atoms with Crippen LogP contribution in [0.2, 0.25) is 0 Å². The normalized spacial score (nSPS) is 12.2. The maximum absolute atomic E-state index is 8.84. The van der Waals surface area contributed by atoms with Gasteiger partial charge in [0.05, 0.1) is 30.1 Å². The molecule has 3 aromatic rings. The molecule has 0 atom stereocenters. The van der Waals surface area contributed by atoms with Crippen LogP contribution in [0.15, 0.2) is 52.7 Å². The number of thiazole rings is 1. The molecule has 0 aliphatic rings. The first-order valence-electron chi connectivity index (χ1n) is 7.76. The van der Waals surface area contributed by atoms with Crippen LogP contribution in [0.5, 0.6) is 11.5 Å². The van der Waals surface area contributed by atoms with Crippen molar-refractivity contribution in [3.05, 3.63) is 52.8 Å². The highest BCUT2D eigenvalue weighted by atomic mass is 32.1. The molecule has 25 heavy (non-hydrogen) atoms. The lowest BCUT2D eigenvalue weighted by molar-refractivity contribution is 0.196. The van der Waals surface area contributed by atoms with Crippen LogP contribution in [0.1, 0.15) is 5.56 Å². The molecule has 0 saturated heterocycles. The number of fused-ring (bicyclic) bond motifs is 1. The quantitative estimate of drug-likeness (QED) is 0.544. The average Bonchev–Trinajstić information content (AvgIpc) is 2.96. The summed E-state index contributed by atoms with van der Waals surface area (Å²) in [7, 11) is 3.55. The first-order valence-corrected chi connectivity index (χ1v) is 8.58. The monoisotopic (exact) mass is 357 g/mol. The summed E-state index contributed by atoms with van der Waals surface area (Å²) in [5.74, 6) is 1.17. The van der Waals surface area contributed by atoms with Crippen molar-refractivity contribution in [2.75, 3.05) is 20.3 Å². The third-order valence-electron chi connectivity index (χ3n) is 3.60. The Morgan fingerprint density at radius 2 is 2.04 bits per heavy atom. The summed E-state index contributed by atoms with van der Waals surface area (Å²) in [5.41, 5.74) is 1.98. The largest absolute Gasteiger partial charge is 0.493 e. The molecule has 3 rings (SSSR count). The summed E-state index contributed by atoms with van der Waals surface area (Å²) in [6, 6.07) is 13.6. The van der Waals surface area contributed by atoms with E-state index in [4.69, 9.17) is 14.6 Å². The molecular formula is C18H19N3O3S. The van der Waals surface area contributed by atoms with E-state index in [-0.39, 0.29) is 13.2 Å². The number of hydrogen-bond acceptors (Lipinski definition) is 6. The standard InChI is InChI=1S/C18H19N3O3S/c1-21-14-5-3-4-6-17(14)25-18(21)20-19-12-13-7-8-15(24-10-9-22)16(11-13)23-2/h3-8,11-12,22H,9-10H2,1-2H3/b19-12-,20-18-. The highest BCUT2D eigenvalue weighted by Crippen LogP contribution is 2.27. The van der Waals surface area contributed by atoms with Crippen LogP contribution < -0.4 is 14.3 Å². The molecule has 0 bridgehead atoms. The fourth-order valence-corrected chi connectivity index (χ4v) is 3.34. The molecule has 6 nitrogen and oxygen atoms in total. The van der Waals surface area contributed by atoms with Crippen LogP contribution in [-0.4, -0.2) is 36.2 Å². The zero-order valence-electron chi connectivity index (χ0n) is 14.0. The van der Waals surface area contributed by atoms with Gasteiger partial charge < -0.3 is 19.1 Å². The van der Waals surface area contributed by atoms with Crippen molar-refractivity contribution >= 4 is 27.8 Å². The summed E-state index contributed by atoms with van der Waals surface area (Å²) in [6.45, 7) is 0.180. The number of aromatic nitrogens is 1.